The predicted molar refractivity (Wildman–Crippen MR) is 126 cm³/mol. The summed E-state index contributed by atoms with van der Waals surface area (Å²) in [6.07, 6.45) is 5.55. The molecule has 168 valence electrons. The number of nitrogens with zero attached hydrogens (tertiary/aromatic N) is 2. The normalized spacial score (nSPS) is 46.4. The van der Waals surface area contributed by atoms with E-state index in [4.69, 9.17) is 29.2 Å². The Balaban J connectivity index is 1.98. The summed E-state index contributed by atoms with van der Waals surface area (Å²) >= 11 is 9.87. The molecule has 1 aliphatic heterocycles. The molecule has 1 saturated heterocycles. The molecular formula is C23H37N3O2S2. The Morgan fingerprint density at radius 1 is 1.07 bits per heavy atom. The van der Waals surface area contributed by atoms with Crippen LogP contribution >= 0.6 is 24.4 Å². The number of fused-ring (bicyclic) bond motifs is 1. The zero-order valence-corrected chi connectivity index (χ0v) is 20.6. The summed E-state index contributed by atoms with van der Waals surface area (Å²) in [6, 6.07) is -0.00678. The molecule has 30 heavy (non-hydrogen) atoms. The van der Waals surface area contributed by atoms with Gasteiger partial charge in [0.05, 0.1) is 39.1 Å². The van der Waals surface area contributed by atoms with Gasteiger partial charge in [0.25, 0.3) is 0 Å². The lowest BCUT2D eigenvalue weighted by Crippen LogP contribution is -2.93. The highest BCUT2D eigenvalue weighted by Gasteiger charge is 2.62. The van der Waals surface area contributed by atoms with Crippen LogP contribution in [0.4, 0.5) is 0 Å². The Labute approximate surface area is 192 Å². The Morgan fingerprint density at radius 2 is 1.73 bits per heavy atom. The molecule has 1 heterocycles. The van der Waals surface area contributed by atoms with Gasteiger partial charge < -0.3 is 15.2 Å². The van der Waals surface area contributed by atoms with E-state index in [0.29, 0.717) is 11.8 Å². The average molecular weight is 452 g/mol. The first kappa shape index (κ1) is 24.1. The van der Waals surface area contributed by atoms with Gasteiger partial charge in [-0.2, -0.15) is 7.05 Å². The zero-order chi connectivity index (χ0) is 22.4. The minimum absolute atomic E-state index is 0.00678. The van der Waals surface area contributed by atoms with Crippen molar-refractivity contribution in [1.82, 2.24) is 0 Å². The molecule has 3 rings (SSSR count). The molecule has 0 aromatic carbocycles. The lowest BCUT2D eigenvalue weighted by Gasteiger charge is -2.58. The molecule has 8 unspecified atom stereocenters. The van der Waals surface area contributed by atoms with E-state index >= 15 is 0 Å². The van der Waals surface area contributed by atoms with Gasteiger partial charge in [0, 0.05) is 5.92 Å². The summed E-state index contributed by atoms with van der Waals surface area (Å²) in [5, 5.41) is 18.4. The molecule has 0 aromatic heterocycles. The van der Waals surface area contributed by atoms with Gasteiger partial charge in [-0.15, -0.1) is 0 Å². The van der Waals surface area contributed by atoms with E-state index in [1.54, 1.807) is 0 Å². The second kappa shape index (κ2) is 8.44. The second-order valence-corrected chi connectivity index (χ2v) is 11.2. The largest absolute Gasteiger partial charge is 0.474 e. The summed E-state index contributed by atoms with van der Waals surface area (Å²) in [4.78, 5) is 9.03. The molecule has 0 radical (unpaired) electrons. The number of aliphatic hydroxyl groups is 1. The van der Waals surface area contributed by atoms with Gasteiger partial charge >= 0.3 is 0 Å². The lowest BCUT2D eigenvalue weighted by molar-refractivity contribution is -0.666. The molecule has 8 atom stereocenters. The Hall–Kier alpha value is -0.520. The maximum atomic E-state index is 11.3. The van der Waals surface area contributed by atoms with Crippen LogP contribution < -0.4 is 5.32 Å². The number of quaternary nitrogens is 1. The molecule has 0 bridgehead atoms. The number of hydrogen-bond donors (Lipinski definition) is 2. The van der Waals surface area contributed by atoms with Crippen LogP contribution in [0.3, 0.4) is 0 Å². The summed E-state index contributed by atoms with van der Waals surface area (Å²) in [6.45, 7) is 10.5. The number of hydrogen-bond acceptors (Lipinski definition) is 6. The average Bonchev–Trinajstić information content (AvgIpc) is 3.05. The van der Waals surface area contributed by atoms with Crippen LogP contribution in [0.15, 0.2) is 9.98 Å². The number of nitrogens with two attached hydrogens (primary N) is 1. The highest BCUT2D eigenvalue weighted by molar-refractivity contribution is 7.78. The molecule has 7 heteroatoms. The van der Waals surface area contributed by atoms with Crippen LogP contribution in [0.2, 0.25) is 0 Å². The van der Waals surface area contributed by atoms with E-state index in [9.17, 15) is 5.11 Å². The van der Waals surface area contributed by atoms with Crippen LogP contribution in [0, 0.1) is 24.8 Å². The first-order valence-electron chi connectivity index (χ1n) is 11.1. The van der Waals surface area contributed by atoms with Gasteiger partial charge in [-0.3, -0.25) is 0 Å². The van der Waals surface area contributed by atoms with E-state index < -0.39 is 5.60 Å². The van der Waals surface area contributed by atoms with Gasteiger partial charge in [0.15, 0.2) is 0 Å². The SMILES string of the molecule is [CH2-][NH2+]C1C2C(CCC1(C)O)C(C)(N=C=S)CCC2C1(C)CCC(C(C)(C)N=C=S)O1. The third kappa shape index (κ3) is 4.11. The summed E-state index contributed by atoms with van der Waals surface area (Å²) < 4.78 is 6.78. The van der Waals surface area contributed by atoms with E-state index in [1.807, 2.05) is 12.2 Å². The third-order valence-corrected chi connectivity index (χ3v) is 8.74. The third-order valence-electron chi connectivity index (χ3n) is 8.56. The van der Waals surface area contributed by atoms with E-state index in [2.05, 4.69) is 55.0 Å². The Kier molecular flexibility index (Phi) is 6.79. The van der Waals surface area contributed by atoms with Gasteiger partial charge in [-0.1, -0.05) is 0 Å². The molecule has 0 amide bonds. The van der Waals surface area contributed by atoms with Crippen LogP contribution in [-0.4, -0.2) is 49.9 Å². The standard InChI is InChI=1S/C23H37N3O2S2/c1-20(2,25-13-29)17-9-12-23(5,28-17)16-7-10-21(3,26-14-30)15-8-11-22(4,27)19(24-6)18(15)16/h15-19,27H,6-12,24H2,1-5H3. The Morgan fingerprint density at radius 3 is 2.33 bits per heavy atom. The molecule has 2 aliphatic carbocycles. The number of aliphatic imine (C=N–C) groups is 2. The quantitative estimate of drug-likeness (QED) is 0.381. The molecule has 3 N–H and O–H groups in total. The zero-order valence-electron chi connectivity index (χ0n) is 19.0. The van der Waals surface area contributed by atoms with Crippen molar-refractivity contribution in [1.29, 1.82) is 0 Å². The fourth-order valence-electron chi connectivity index (χ4n) is 6.74. The number of isothiocyanates is 2. The van der Waals surface area contributed by atoms with E-state index in [-0.39, 0.29) is 34.7 Å². The maximum Gasteiger partial charge on any atom is 0.111 e. The molecule has 5 nitrogen and oxygen atoms in total. The van der Waals surface area contributed by atoms with Crippen molar-refractivity contribution >= 4 is 34.8 Å². The first-order chi connectivity index (χ1) is 13.9. The maximum absolute atomic E-state index is 11.3. The van der Waals surface area contributed by atoms with Crippen LogP contribution in [0.5, 0.6) is 0 Å². The molecular weight excluding hydrogens is 414 g/mol. The monoisotopic (exact) mass is 451 g/mol. The Bertz CT molecular complexity index is 760. The van der Waals surface area contributed by atoms with Crippen molar-refractivity contribution in [2.24, 2.45) is 27.7 Å². The summed E-state index contributed by atoms with van der Waals surface area (Å²) in [5.41, 5.74) is -1.68. The number of rotatable bonds is 5. The predicted octanol–water partition coefficient (Wildman–Crippen LogP) is 3.58. The van der Waals surface area contributed by atoms with Crippen molar-refractivity contribution in [2.45, 2.75) is 108 Å². The van der Waals surface area contributed by atoms with Gasteiger partial charge in [0.1, 0.15) is 5.60 Å². The smallest absolute Gasteiger partial charge is 0.111 e. The highest BCUT2D eigenvalue weighted by Crippen LogP contribution is 2.57. The fraction of sp³-hybridized carbons (Fsp3) is 0.870. The van der Waals surface area contributed by atoms with Crippen molar-refractivity contribution in [3.05, 3.63) is 7.05 Å². The minimum atomic E-state index is -0.768. The molecule has 3 fully saturated rings. The first-order valence-corrected chi connectivity index (χ1v) is 12.0. The van der Waals surface area contributed by atoms with Crippen molar-refractivity contribution in [3.8, 4) is 0 Å². The molecule has 0 spiro atoms. The van der Waals surface area contributed by atoms with E-state index in [0.717, 1.165) is 38.5 Å². The van der Waals surface area contributed by atoms with Crippen LogP contribution in [-0.2, 0) is 4.74 Å². The van der Waals surface area contributed by atoms with Crippen LogP contribution in [0.25, 0.3) is 0 Å². The van der Waals surface area contributed by atoms with Gasteiger partial charge in [-0.25, -0.2) is 9.98 Å². The molecule has 2 saturated carbocycles. The molecule has 3 aliphatic rings. The van der Waals surface area contributed by atoms with Gasteiger partial charge in [0.2, 0.25) is 0 Å². The fourth-order valence-corrected chi connectivity index (χ4v) is 7.18. The van der Waals surface area contributed by atoms with Crippen molar-refractivity contribution in [3.63, 3.8) is 0 Å². The number of thiocarbonyl (C=S) groups is 2. The van der Waals surface area contributed by atoms with Crippen molar-refractivity contribution < 1.29 is 15.2 Å². The minimum Gasteiger partial charge on any atom is -0.474 e. The topological polar surface area (TPSA) is 70.8 Å². The second-order valence-electron chi connectivity index (χ2n) is 10.9. The lowest BCUT2D eigenvalue weighted by atomic mass is 9.51. The highest BCUT2D eigenvalue weighted by atomic mass is 32.1. The van der Waals surface area contributed by atoms with E-state index in [1.165, 1.54) is 0 Å². The van der Waals surface area contributed by atoms with Gasteiger partial charge in [-0.05, 0) is 109 Å². The summed E-state index contributed by atoms with van der Waals surface area (Å²) in [7, 11) is 4.12. The van der Waals surface area contributed by atoms with Crippen LogP contribution in [0.1, 0.15) is 73.1 Å². The molecule has 0 aromatic rings. The number of ether oxygens (including phenoxy) is 1. The summed E-state index contributed by atoms with van der Waals surface area (Å²) in [5.74, 6) is 0.863. The van der Waals surface area contributed by atoms with Crippen molar-refractivity contribution in [2.75, 3.05) is 0 Å².